The average molecular weight is 468 g/mol. The monoisotopic (exact) mass is 468 g/mol. The number of allylic oxidation sites excluding steroid dienone is 1. The summed E-state index contributed by atoms with van der Waals surface area (Å²) in [6.45, 7) is 0. The second-order valence-corrected chi connectivity index (χ2v) is 7.46. The molecule has 0 bridgehead atoms. The van der Waals surface area contributed by atoms with Crippen LogP contribution < -0.4 is 54.8 Å². The van der Waals surface area contributed by atoms with Crippen molar-refractivity contribution < 1.29 is 58.8 Å². The number of hydrogen-bond acceptors (Lipinski definition) is 7. The summed E-state index contributed by atoms with van der Waals surface area (Å²) in [6.07, 6.45) is 5.08. The molecule has 1 amide bonds. The molecule has 2 aromatic rings. The summed E-state index contributed by atoms with van der Waals surface area (Å²) in [5, 5.41) is 2.97. The fraction of sp³-hybridized carbons (Fsp3) is 0.238. The molecule has 1 atom stereocenters. The molecule has 4 N–H and O–H groups in total. The van der Waals surface area contributed by atoms with Crippen LogP contribution in [0.4, 0.5) is 17.1 Å². The Kier molecular flexibility index (Phi) is 9.73. The van der Waals surface area contributed by atoms with Crippen LogP contribution in [0, 0.1) is 0 Å². The van der Waals surface area contributed by atoms with Crippen molar-refractivity contribution in [1.29, 1.82) is 0 Å². The molecule has 1 unspecified atom stereocenters. The maximum absolute atomic E-state index is 12.6. The zero-order valence-corrected chi connectivity index (χ0v) is 20.6. The molecule has 0 aromatic heterocycles. The minimum absolute atomic E-state index is 0. The molecule has 0 radical (unpaired) electrons. The van der Waals surface area contributed by atoms with E-state index in [9.17, 15) is 18.4 Å². The van der Waals surface area contributed by atoms with Crippen molar-refractivity contribution >= 4 is 40.2 Å². The quantitative estimate of drug-likeness (QED) is 0.218. The van der Waals surface area contributed by atoms with Gasteiger partial charge in [0.15, 0.2) is 0 Å². The van der Waals surface area contributed by atoms with Gasteiger partial charge in [0.1, 0.15) is 17.1 Å². The standard InChI is InChI=1S/C21H23N3O6S.Na.H/c1-29-15-9-5-8-14(12-15)23-19-16(24-31(27)28)10-11-17(18(19)20(22)25)30-21(26)13-6-3-2-4-7-13;;/h5-6,8-12,23-24H,2-4,7H2,1H3,(H2,22,25)(H,27,28);;/q;+1;-1/p-1. The molecular formula is C21H23N3NaO6S-. The van der Waals surface area contributed by atoms with Crippen molar-refractivity contribution in [3.63, 3.8) is 0 Å². The van der Waals surface area contributed by atoms with Crippen molar-refractivity contribution in [2.24, 2.45) is 5.73 Å². The first-order valence-electron chi connectivity index (χ1n) is 9.54. The Morgan fingerprint density at radius 2 is 2.00 bits per heavy atom. The number of hydrogen-bond donors (Lipinski definition) is 3. The van der Waals surface area contributed by atoms with Gasteiger partial charge in [0.25, 0.3) is 5.91 Å². The van der Waals surface area contributed by atoms with Gasteiger partial charge in [-0.1, -0.05) is 12.1 Å². The van der Waals surface area contributed by atoms with Gasteiger partial charge in [0.05, 0.1) is 18.5 Å². The number of carbonyl (C=O) groups excluding carboxylic acids is 2. The molecule has 32 heavy (non-hydrogen) atoms. The average Bonchev–Trinajstić information content (AvgIpc) is 2.75. The second-order valence-electron chi connectivity index (χ2n) is 6.78. The minimum atomic E-state index is -2.67. The molecule has 166 valence electrons. The van der Waals surface area contributed by atoms with Crippen LogP contribution in [0.25, 0.3) is 0 Å². The predicted molar refractivity (Wildman–Crippen MR) is 117 cm³/mol. The summed E-state index contributed by atoms with van der Waals surface area (Å²) in [5.41, 5.74) is 6.56. The van der Waals surface area contributed by atoms with E-state index in [1.165, 1.54) is 19.2 Å². The summed E-state index contributed by atoms with van der Waals surface area (Å²) >= 11 is -2.67. The normalized spacial score (nSPS) is 13.8. The number of anilines is 3. The van der Waals surface area contributed by atoms with Crippen molar-refractivity contribution in [3.8, 4) is 11.5 Å². The second kappa shape index (κ2) is 12.0. The van der Waals surface area contributed by atoms with Crippen molar-refractivity contribution in [3.05, 3.63) is 53.6 Å². The zero-order chi connectivity index (χ0) is 22.4. The Balaban J connectivity index is 0.00000272. The SMILES string of the molecule is COc1cccc(Nc2c(NS(=O)[O-])ccc(OC(=O)C3=CCCCC3)c2C(N)=O)c1.[H-].[Na+]. The number of amides is 1. The van der Waals surface area contributed by atoms with Crippen LogP contribution in [-0.4, -0.2) is 27.7 Å². The Hall–Kier alpha value is -2.37. The summed E-state index contributed by atoms with van der Waals surface area (Å²) in [5.74, 6) is -0.996. The van der Waals surface area contributed by atoms with Gasteiger partial charge in [0.2, 0.25) is 0 Å². The van der Waals surface area contributed by atoms with Crippen molar-refractivity contribution in [1.82, 2.24) is 0 Å². The minimum Gasteiger partial charge on any atom is -1.00 e. The van der Waals surface area contributed by atoms with E-state index in [1.54, 1.807) is 24.3 Å². The number of nitrogens with one attached hydrogen (secondary N) is 2. The number of benzene rings is 2. The largest absolute Gasteiger partial charge is 1.00 e. The van der Waals surface area contributed by atoms with Crippen LogP contribution in [0.5, 0.6) is 11.5 Å². The third-order valence-corrected chi connectivity index (χ3v) is 5.09. The van der Waals surface area contributed by atoms with Crippen LogP contribution in [0.1, 0.15) is 37.5 Å². The summed E-state index contributed by atoms with van der Waals surface area (Å²) in [4.78, 5) is 24.9. The third kappa shape index (κ3) is 6.57. The van der Waals surface area contributed by atoms with Gasteiger partial charge in [-0.3, -0.25) is 9.00 Å². The van der Waals surface area contributed by atoms with Crippen LogP contribution >= 0.6 is 0 Å². The molecule has 0 aliphatic heterocycles. The van der Waals surface area contributed by atoms with Crippen molar-refractivity contribution in [2.75, 3.05) is 17.1 Å². The molecule has 0 saturated heterocycles. The molecule has 0 fully saturated rings. The first kappa shape index (κ1) is 25.9. The Bertz CT molecular complexity index is 1070. The van der Waals surface area contributed by atoms with E-state index < -0.39 is 23.1 Å². The maximum atomic E-state index is 12.6. The first-order valence-corrected chi connectivity index (χ1v) is 10.6. The van der Waals surface area contributed by atoms with Gasteiger partial charge in [-0.05, 0) is 49.9 Å². The maximum Gasteiger partial charge on any atom is 1.00 e. The van der Waals surface area contributed by atoms with E-state index in [0.717, 1.165) is 19.3 Å². The topological polar surface area (TPSA) is 143 Å². The molecule has 2 aromatic carbocycles. The fourth-order valence-electron chi connectivity index (χ4n) is 3.25. The van der Waals surface area contributed by atoms with Gasteiger partial charge < -0.3 is 31.2 Å². The van der Waals surface area contributed by atoms with E-state index in [-0.39, 0.29) is 53.7 Å². The van der Waals surface area contributed by atoms with Gasteiger partial charge in [-0.15, -0.1) is 0 Å². The number of rotatable bonds is 8. The number of primary amides is 1. The molecule has 0 saturated carbocycles. The number of carbonyl (C=O) groups is 2. The van der Waals surface area contributed by atoms with Crippen LogP contribution in [0.15, 0.2) is 48.0 Å². The van der Waals surface area contributed by atoms with Gasteiger partial charge in [-0.25, -0.2) is 4.79 Å². The summed E-state index contributed by atoms with van der Waals surface area (Å²) in [7, 11) is 1.50. The smallest absolute Gasteiger partial charge is 1.00 e. The third-order valence-electron chi connectivity index (χ3n) is 4.70. The molecule has 1 aliphatic rings. The van der Waals surface area contributed by atoms with Crippen LogP contribution in [-0.2, 0) is 16.1 Å². The zero-order valence-electron chi connectivity index (χ0n) is 18.8. The molecule has 0 spiro atoms. The van der Waals surface area contributed by atoms with Crippen LogP contribution in [0.3, 0.4) is 0 Å². The van der Waals surface area contributed by atoms with E-state index in [4.69, 9.17) is 15.2 Å². The molecule has 0 heterocycles. The number of nitrogens with two attached hydrogens (primary N) is 1. The van der Waals surface area contributed by atoms with Crippen LogP contribution in [0.2, 0.25) is 0 Å². The van der Waals surface area contributed by atoms with E-state index in [0.29, 0.717) is 23.4 Å². The molecule has 11 heteroatoms. The fourth-order valence-corrected chi connectivity index (χ4v) is 3.60. The van der Waals surface area contributed by atoms with E-state index in [1.807, 2.05) is 6.08 Å². The first-order chi connectivity index (χ1) is 14.9. The predicted octanol–water partition coefficient (Wildman–Crippen LogP) is 0.266. The van der Waals surface area contributed by atoms with E-state index in [2.05, 4.69) is 10.0 Å². The Morgan fingerprint density at radius 1 is 1.22 bits per heavy atom. The molecule has 1 aliphatic carbocycles. The van der Waals surface area contributed by atoms with E-state index >= 15 is 0 Å². The van der Waals surface area contributed by atoms with Gasteiger partial charge in [-0.2, -0.15) is 0 Å². The number of methoxy groups -OCH3 is 1. The molecular weight excluding hydrogens is 445 g/mol. The van der Waals surface area contributed by atoms with Crippen molar-refractivity contribution in [2.45, 2.75) is 25.7 Å². The molecule has 3 rings (SSSR count). The Morgan fingerprint density at radius 3 is 2.62 bits per heavy atom. The summed E-state index contributed by atoms with van der Waals surface area (Å²) < 4.78 is 35.4. The number of esters is 1. The molecule has 9 nitrogen and oxygen atoms in total. The Labute approximate surface area is 211 Å². The van der Waals surface area contributed by atoms with Gasteiger partial charge >= 0.3 is 35.5 Å². The van der Waals surface area contributed by atoms with Gasteiger partial charge in [0, 0.05) is 28.6 Å². The summed E-state index contributed by atoms with van der Waals surface area (Å²) in [6, 6.07) is 9.48. The number of ether oxygens (including phenoxy) is 2.